The van der Waals surface area contributed by atoms with Crippen molar-refractivity contribution in [2.45, 2.75) is 66.2 Å². The Morgan fingerprint density at radius 3 is 2.12 bits per heavy atom. The van der Waals surface area contributed by atoms with E-state index in [1.165, 1.54) is 26.4 Å². The Bertz CT molecular complexity index is 888. The Labute approximate surface area is 204 Å². The van der Waals surface area contributed by atoms with E-state index >= 15 is 0 Å². The fourth-order valence-electron chi connectivity index (χ4n) is 3.50. The molecule has 0 amide bonds. The van der Waals surface area contributed by atoms with E-state index in [4.69, 9.17) is 19.0 Å². The molecule has 0 aliphatic rings. The summed E-state index contributed by atoms with van der Waals surface area (Å²) in [7, 11) is 1.51. The number of benzene rings is 1. The lowest BCUT2D eigenvalue weighted by Gasteiger charge is -2.14. The molecule has 0 bridgehead atoms. The molecule has 1 aromatic heterocycles. The van der Waals surface area contributed by atoms with Gasteiger partial charge >= 0.3 is 0 Å². The van der Waals surface area contributed by atoms with Crippen molar-refractivity contribution in [1.82, 2.24) is 10.2 Å². The lowest BCUT2D eigenvalue weighted by atomic mass is 10.1. The molecule has 186 valence electrons. The molecule has 0 radical (unpaired) electrons. The highest BCUT2D eigenvalue weighted by atomic mass is 16.6. The smallest absolute Gasteiger partial charge is 0.233 e. The second-order valence-corrected chi connectivity index (χ2v) is 8.20. The van der Waals surface area contributed by atoms with Gasteiger partial charge in [0.2, 0.25) is 5.88 Å². The van der Waals surface area contributed by atoms with Gasteiger partial charge in [-0.3, -0.25) is 0 Å². The first-order valence-corrected chi connectivity index (χ1v) is 12.1. The number of allylic oxidation sites excluding steroid dienone is 1. The Morgan fingerprint density at radius 2 is 1.53 bits per heavy atom. The van der Waals surface area contributed by atoms with Crippen LogP contribution in [0.1, 0.15) is 69.2 Å². The van der Waals surface area contributed by atoms with E-state index in [-0.39, 0.29) is 0 Å². The summed E-state index contributed by atoms with van der Waals surface area (Å²) in [4.78, 5) is 4.74. The molecule has 7 nitrogen and oxygen atoms in total. The van der Waals surface area contributed by atoms with Crippen LogP contribution in [0.4, 0.5) is 0 Å². The molecule has 34 heavy (non-hydrogen) atoms. The van der Waals surface area contributed by atoms with Crippen molar-refractivity contribution in [2.24, 2.45) is 5.16 Å². The van der Waals surface area contributed by atoms with Crippen molar-refractivity contribution in [1.29, 1.82) is 0 Å². The monoisotopic (exact) mass is 469 g/mol. The van der Waals surface area contributed by atoms with Crippen LogP contribution in [0.2, 0.25) is 0 Å². The molecule has 0 unspecified atom stereocenters. The van der Waals surface area contributed by atoms with Gasteiger partial charge in [-0.25, -0.2) is 0 Å². The van der Waals surface area contributed by atoms with Crippen molar-refractivity contribution in [3.63, 3.8) is 0 Å². The molecule has 1 aromatic carbocycles. The average Bonchev–Trinajstić information content (AvgIpc) is 2.82. The van der Waals surface area contributed by atoms with Crippen molar-refractivity contribution in [3.05, 3.63) is 53.2 Å². The maximum atomic E-state index is 6.06. The van der Waals surface area contributed by atoms with Gasteiger partial charge in [0.05, 0.1) is 13.2 Å². The van der Waals surface area contributed by atoms with Crippen LogP contribution < -0.4 is 14.2 Å². The van der Waals surface area contributed by atoms with Gasteiger partial charge in [0, 0.05) is 6.07 Å². The quantitative estimate of drug-likeness (QED) is 0.126. The van der Waals surface area contributed by atoms with Gasteiger partial charge in [0.25, 0.3) is 0 Å². The van der Waals surface area contributed by atoms with Crippen LogP contribution in [0.5, 0.6) is 17.4 Å². The van der Waals surface area contributed by atoms with E-state index in [0.717, 1.165) is 48.5 Å². The van der Waals surface area contributed by atoms with E-state index in [1.807, 2.05) is 50.3 Å². The molecular formula is C27H39N3O4. The molecule has 1 heterocycles. The van der Waals surface area contributed by atoms with Crippen molar-refractivity contribution < 1.29 is 19.0 Å². The van der Waals surface area contributed by atoms with Crippen LogP contribution in [0.15, 0.2) is 41.6 Å². The number of aryl methyl sites for hydroxylation is 2. The Hall–Kier alpha value is -3.09. The molecule has 7 heteroatoms. The van der Waals surface area contributed by atoms with Gasteiger partial charge in [0.1, 0.15) is 36.6 Å². The lowest BCUT2D eigenvalue weighted by molar-refractivity contribution is 0.213. The maximum absolute atomic E-state index is 6.06. The summed E-state index contributed by atoms with van der Waals surface area (Å²) >= 11 is 0. The number of oxime groups is 1. The van der Waals surface area contributed by atoms with Crippen LogP contribution in [0, 0.1) is 13.8 Å². The summed E-state index contributed by atoms with van der Waals surface area (Å²) in [5.74, 6) is 2.40. The predicted molar refractivity (Wildman–Crippen MR) is 136 cm³/mol. The SMILES string of the molecule is C/C=C/COc1cc(C)c(OCCCCCCCCOc2ccc(C(C)=NOC)nn2)c(C)c1. The van der Waals surface area contributed by atoms with E-state index in [0.29, 0.717) is 30.5 Å². The van der Waals surface area contributed by atoms with Gasteiger partial charge in [-0.15, -0.1) is 10.2 Å². The van der Waals surface area contributed by atoms with Gasteiger partial charge in [-0.1, -0.05) is 43.0 Å². The summed E-state index contributed by atoms with van der Waals surface area (Å²) in [5.41, 5.74) is 3.59. The Balaban J connectivity index is 1.54. The van der Waals surface area contributed by atoms with Crippen LogP contribution in [-0.4, -0.2) is 42.8 Å². The first-order chi connectivity index (χ1) is 16.5. The molecular weight excluding hydrogens is 430 g/mol. The third kappa shape index (κ3) is 9.81. The number of unbranched alkanes of at least 4 members (excludes halogenated alkanes) is 5. The van der Waals surface area contributed by atoms with Crippen LogP contribution in [0.3, 0.4) is 0 Å². The zero-order chi connectivity index (χ0) is 24.6. The van der Waals surface area contributed by atoms with Crippen LogP contribution >= 0.6 is 0 Å². The molecule has 0 atom stereocenters. The summed E-state index contributed by atoms with van der Waals surface area (Å²) in [6, 6.07) is 7.73. The third-order valence-electron chi connectivity index (χ3n) is 5.29. The Morgan fingerprint density at radius 1 is 0.882 bits per heavy atom. The minimum atomic E-state index is 0.536. The lowest BCUT2D eigenvalue weighted by Crippen LogP contribution is -2.04. The zero-order valence-corrected chi connectivity index (χ0v) is 21.3. The fraction of sp³-hybridized carbons (Fsp3) is 0.519. The maximum Gasteiger partial charge on any atom is 0.233 e. The van der Waals surface area contributed by atoms with Gasteiger partial charge in [0.15, 0.2) is 0 Å². The van der Waals surface area contributed by atoms with Gasteiger partial charge < -0.3 is 19.0 Å². The van der Waals surface area contributed by atoms with E-state index in [9.17, 15) is 0 Å². The minimum absolute atomic E-state index is 0.536. The Kier molecular flexibility index (Phi) is 12.5. The highest BCUT2D eigenvalue weighted by molar-refractivity contribution is 5.96. The predicted octanol–water partition coefficient (Wildman–Crippen LogP) is 6.22. The van der Waals surface area contributed by atoms with Crippen LogP contribution in [0.25, 0.3) is 0 Å². The first kappa shape index (κ1) is 27.2. The van der Waals surface area contributed by atoms with E-state index < -0.39 is 0 Å². The largest absolute Gasteiger partial charge is 0.493 e. The molecule has 2 aromatic rings. The molecule has 0 aliphatic heterocycles. The van der Waals surface area contributed by atoms with Crippen LogP contribution in [-0.2, 0) is 4.84 Å². The second kappa shape index (κ2) is 15.7. The average molecular weight is 470 g/mol. The van der Waals surface area contributed by atoms with Gasteiger partial charge in [-0.05, 0) is 69.9 Å². The van der Waals surface area contributed by atoms with E-state index in [1.54, 1.807) is 0 Å². The zero-order valence-electron chi connectivity index (χ0n) is 21.3. The van der Waals surface area contributed by atoms with E-state index in [2.05, 4.69) is 29.2 Å². The molecule has 0 spiro atoms. The third-order valence-corrected chi connectivity index (χ3v) is 5.29. The molecule has 2 rings (SSSR count). The number of hydrogen-bond acceptors (Lipinski definition) is 7. The highest BCUT2D eigenvalue weighted by Gasteiger charge is 2.07. The number of hydrogen-bond donors (Lipinski definition) is 0. The molecule has 0 N–H and O–H groups in total. The van der Waals surface area contributed by atoms with Crippen molar-refractivity contribution in [2.75, 3.05) is 26.9 Å². The topological polar surface area (TPSA) is 75.1 Å². The molecule has 0 saturated carbocycles. The second-order valence-electron chi connectivity index (χ2n) is 8.20. The summed E-state index contributed by atoms with van der Waals surface area (Å²) < 4.78 is 17.5. The summed E-state index contributed by atoms with van der Waals surface area (Å²) in [6.45, 7) is 9.94. The number of ether oxygens (including phenoxy) is 3. The number of aromatic nitrogens is 2. The summed E-state index contributed by atoms with van der Waals surface area (Å²) in [6.07, 6.45) is 10.7. The molecule has 0 saturated heterocycles. The normalized spacial score (nSPS) is 11.6. The van der Waals surface area contributed by atoms with Crippen molar-refractivity contribution >= 4 is 5.71 Å². The minimum Gasteiger partial charge on any atom is -0.493 e. The standard InChI is InChI=1S/C27H39N3O4/c1-6-7-16-32-24-19-21(2)27(22(3)20-24)34-18-13-11-9-8-10-12-17-33-26-15-14-25(28-29-26)23(4)30-31-5/h6-7,14-15,19-20H,8-13,16-18H2,1-5H3/b7-6+,30-23?. The van der Waals surface area contributed by atoms with Gasteiger partial charge in [-0.2, -0.15) is 0 Å². The highest BCUT2D eigenvalue weighted by Crippen LogP contribution is 2.28. The molecule has 0 aliphatic carbocycles. The summed E-state index contributed by atoms with van der Waals surface area (Å²) in [5, 5.41) is 12.0. The van der Waals surface area contributed by atoms with Crippen molar-refractivity contribution in [3.8, 4) is 17.4 Å². The number of nitrogens with zero attached hydrogens (tertiary/aromatic N) is 3. The first-order valence-electron chi connectivity index (χ1n) is 12.1. The molecule has 0 fully saturated rings. The number of rotatable bonds is 16. The fourth-order valence-corrected chi connectivity index (χ4v) is 3.50.